The number of nitrogens with zero attached hydrogens (tertiary/aromatic N) is 4. The number of alkyl halides is 1. The summed E-state index contributed by atoms with van der Waals surface area (Å²) in [6.07, 6.45) is -0.782. The van der Waals surface area contributed by atoms with Crippen LogP contribution in [0.2, 0.25) is 5.02 Å². The van der Waals surface area contributed by atoms with Gasteiger partial charge in [0.25, 0.3) is 5.91 Å². The molecule has 2 aromatic heterocycles. The molecule has 192 valence electrons. The molecule has 0 bridgehead atoms. The first-order valence-electron chi connectivity index (χ1n) is 12.0. The minimum atomic E-state index is -1.28. The Labute approximate surface area is 212 Å². The van der Waals surface area contributed by atoms with Gasteiger partial charge in [-0.2, -0.15) is 5.10 Å². The molecule has 2 aliphatic rings. The summed E-state index contributed by atoms with van der Waals surface area (Å²) in [5, 5.41) is 17.2. The van der Waals surface area contributed by atoms with Gasteiger partial charge in [-0.05, 0) is 45.2 Å². The predicted octanol–water partition coefficient (Wildman–Crippen LogP) is 3.51. The van der Waals surface area contributed by atoms with Crippen molar-refractivity contribution < 1.29 is 23.4 Å². The molecular formula is C25H28ClF2N5O3. The van der Waals surface area contributed by atoms with Crippen molar-refractivity contribution >= 4 is 23.2 Å². The molecule has 5 rings (SSSR count). The Morgan fingerprint density at radius 3 is 2.86 bits per heavy atom. The SMILES string of the molecule is Cc1nc2c3c(nn2c(C)c1Cl)CN(C(=O)c1ccc(F)cc1O[C@H]1CCC(NCCO)C[C@@H]1F)C3. The summed E-state index contributed by atoms with van der Waals surface area (Å²) in [6, 6.07) is 3.66. The van der Waals surface area contributed by atoms with Gasteiger partial charge in [-0.15, -0.1) is 0 Å². The Kier molecular flexibility index (Phi) is 6.84. The van der Waals surface area contributed by atoms with Crippen molar-refractivity contribution in [2.75, 3.05) is 13.2 Å². The van der Waals surface area contributed by atoms with E-state index in [4.69, 9.17) is 21.4 Å². The second kappa shape index (κ2) is 9.91. The molecular weight excluding hydrogens is 492 g/mol. The highest BCUT2D eigenvalue weighted by Crippen LogP contribution is 2.33. The highest BCUT2D eigenvalue weighted by molar-refractivity contribution is 6.31. The zero-order valence-corrected chi connectivity index (χ0v) is 20.9. The van der Waals surface area contributed by atoms with Crippen LogP contribution in [0.25, 0.3) is 5.65 Å². The number of nitrogens with one attached hydrogen (secondary N) is 1. The van der Waals surface area contributed by atoms with Crippen LogP contribution in [0.4, 0.5) is 8.78 Å². The number of carbonyl (C=O) groups excluding carboxylic acids is 1. The quantitative estimate of drug-likeness (QED) is 0.518. The van der Waals surface area contributed by atoms with Gasteiger partial charge in [0.15, 0.2) is 5.65 Å². The number of aliphatic hydroxyl groups excluding tert-OH is 1. The van der Waals surface area contributed by atoms with Gasteiger partial charge in [0.05, 0.1) is 47.4 Å². The summed E-state index contributed by atoms with van der Waals surface area (Å²) in [5.41, 5.74) is 3.86. The van der Waals surface area contributed by atoms with Crippen molar-refractivity contribution in [3.8, 4) is 5.75 Å². The Morgan fingerprint density at radius 1 is 1.31 bits per heavy atom. The van der Waals surface area contributed by atoms with E-state index in [1.165, 1.54) is 12.1 Å². The van der Waals surface area contributed by atoms with Gasteiger partial charge in [0, 0.05) is 24.2 Å². The Bertz CT molecular complexity index is 1320. The lowest BCUT2D eigenvalue weighted by atomic mass is 9.91. The molecule has 2 N–H and O–H groups in total. The van der Waals surface area contributed by atoms with Crippen LogP contribution < -0.4 is 10.1 Å². The van der Waals surface area contributed by atoms with Crippen molar-refractivity contribution in [3.63, 3.8) is 0 Å². The molecule has 1 aliphatic heterocycles. The number of benzene rings is 1. The lowest BCUT2D eigenvalue weighted by molar-refractivity contribution is 0.0479. The van der Waals surface area contributed by atoms with E-state index >= 15 is 0 Å². The van der Waals surface area contributed by atoms with Crippen molar-refractivity contribution in [2.24, 2.45) is 0 Å². The number of aryl methyl sites for hydroxylation is 2. The van der Waals surface area contributed by atoms with E-state index in [9.17, 15) is 13.6 Å². The molecule has 11 heteroatoms. The molecule has 1 saturated carbocycles. The summed E-state index contributed by atoms with van der Waals surface area (Å²) in [5.74, 6) is -0.883. The number of hydrogen-bond acceptors (Lipinski definition) is 6. The smallest absolute Gasteiger partial charge is 0.258 e. The van der Waals surface area contributed by atoms with Crippen LogP contribution in [0.15, 0.2) is 18.2 Å². The largest absolute Gasteiger partial charge is 0.486 e. The molecule has 0 radical (unpaired) electrons. The summed E-state index contributed by atoms with van der Waals surface area (Å²) in [6.45, 7) is 4.62. The van der Waals surface area contributed by atoms with Gasteiger partial charge >= 0.3 is 0 Å². The molecule has 1 unspecified atom stereocenters. The van der Waals surface area contributed by atoms with Crippen molar-refractivity contribution in [3.05, 3.63) is 57.2 Å². The molecule has 3 heterocycles. The minimum absolute atomic E-state index is 0.0164. The summed E-state index contributed by atoms with van der Waals surface area (Å²) >= 11 is 6.32. The first-order valence-corrected chi connectivity index (χ1v) is 12.4. The van der Waals surface area contributed by atoms with Crippen LogP contribution in [0.5, 0.6) is 5.75 Å². The van der Waals surface area contributed by atoms with E-state index < -0.39 is 18.1 Å². The fourth-order valence-corrected chi connectivity index (χ4v) is 5.16. The number of ether oxygens (including phenoxy) is 1. The van der Waals surface area contributed by atoms with Crippen LogP contribution in [-0.4, -0.2) is 62.0 Å². The van der Waals surface area contributed by atoms with Crippen LogP contribution in [0.3, 0.4) is 0 Å². The molecule has 36 heavy (non-hydrogen) atoms. The maximum atomic E-state index is 14.9. The van der Waals surface area contributed by atoms with Crippen LogP contribution in [0, 0.1) is 19.7 Å². The van der Waals surface area contributed by atoms with Gasteiger partial charge in [-0.1, -0.05) is 11.6 Å². The summed E-state index contributed by atoms with van der Waals surface area (Å²) in [4.78, 5) is 19.7. The van der Waals surface area contributed by atoms with E-state index in [0.717, 1.165) is 23.0 Å². The first kappa shape index (κ1) is 24.9. The fraction of sp³-hybridized carbons (Fsp3) is 0.480. The normalized spacial score (nSPS) is 21.7. The molecule has 3 atom stereocenters. The number of aromatic nitrogens is 3. The van der Waals surface area contributed by atoms with Gasteiger partial charge in [-0.25, -0.2) is 18.3 Å². The molecule has 1 amide bonds. The average molecular weight is 520 g/mol. The molecule has 3 aromatic rings. The number of halogens is 3. The molecule has 1 fully saturated rings. The molecule has 1 aliphatic carbocycles. The molecule has 0 spiro atoms. The van der Waals surface area contributed by atoms with Crippen molar-refractivity contribution in [1.82, 2.24) is 24.8 Å². The highest BCUT2D eigenvalue weighted by Gasteiger charge is 2.35. The fourth-order valence-electron chi connectivity index (χ4n) is 5.04. The number of rotatable bonds is 6. The maximum Gasteiger partial charge on any atom is 0.258 e. The molecule has 0 saturated heterocycles. The Hall–Kier alpha value is -2.82. The zero-order chi connectivity index (χ0) is 25.6. The van der Waals surface area contributed by atoms with Crippen molar-refractivity contribution in [1.29, 1.82) is 0 Å². The first-order chi connectivity index (χ1) is 17.3. The van der Waals surface area contributed by atoms with E-state index in [2.05, 4.69) is 15.4 Å². The lowest BCUT2D eigenvalue weighted by Crippen LogP contribution is -2.44. The number of fused-ring (bicyclic) bond motifs is 3. The van der Waals surface area contributed by atoms with E-state index in [0.29, 0.717) is 35.8 Å². The molecule has 1 aromatic carbocycles. The highest BCUT2D eigenvalue weighted by atomic mass is 35.5. The average Bonchev–Trinajstić information content (AvgIpc) is 3.42. The van der Waals surface area contributed by atoms with Gasteiger partial charge in [-0.3, -0.25) is 4.79 Å². The maximum absolute atomic E-state index is 14.9. The summed E-state index contributed by atoms with van der Waals surface area (Å²) in [7, 11) is 0. The van der Waals surface area contributed by atoms with Crippen molar-refractivity contribution in [2.45, 2.75) is 64.5 Å². The minimum Gasteiger partial charge on any atom is -0.486 e. The second-order valence-electron chi connectivity index (χ2n) is 9.42. The third-order valence-corrected chi connectivity index (χ3v) is 7.50. The summed E-state index contributed by atoms with van der Waals surface area (Å²) < 4.78 is 36.6. The third-order valence-electron chi connectivity index (χ3n) is 6.95. The lowest BCUT2D eigenvalue weighted by Gasteiger charge is -2.33. The van der Waals surface area contributed by atoms with Gasteiger partial charge in [0.2, 0.25) is 0 Å². The standard InChI is InChI=1S/C25H28ClF2N5O3/c1-13-23(26)14(2)33-24(30-13)18-11-32(12-20(18)31-33)25(35)17-5-3-15(27)9-22(17)36-21-6-4-16(10-19(21)28)29-7-8-34/h3,5,9,16,19,21,29,34H,4,6-8,10-12H2,1-2H3/t16?,19-,21-/m0/s1. The number of aliphatic hydroxyl groups is 1. The van der Waals surface area contributed by atoms with E-state index in [1.54, 1.807) is 9.42 Å². The third kappa shape index (κ3) is 4.53. The molecule has 8 nitrogen and oxygen atoms in total. The van der Waals surface area contributed by atoms with Crippen LogP contribution in [0.1, 0.15) is 52.3 Å². The van der Waals surface area contributed by atoms with Crippen LogP contribution in [-0.2, 0) is 13.1 Å². The second-order valence-corrected chi connectivity index (χ2v) is 9.80. The van der Waals surface area contributed by atoms with Crippen LogP contribution >= 0.6 is 11.6 Å². The monoisotopic (exact) mass is 519 g/mol. The van der Waals surface area contributed by atoms with E-state index in [-0.39, 0.29) is 49.4 Å². The number of hydrogen-bond donors (Lipinski definition) is 2. The number of carbonyl (C=O) groups is 1. The van der Waals surface area contributed by atoms with Gasteiger partial charge in [0.1, 0.15) is 23.8 Å². The zero-order valence-electron chi connectivity index (χ0n) is 20.1. The number of amides is 1. The van der Waals surface area contributed by atoms with E-state index in [1.807, 2.05) is 13.8 Å². The van der Waals surface area contributed by atoms with Gasteiger partial charge < -0.3 is 20.1 Å². The predicted molar refractivity (Wildman–Crippen MR) is 129 cm³/mol. The topological polar surface area (TPSA) is 92.0 Å². The Morgan fingerprint density at radius 2 is 2.11 bits per heavy atom. The Balaban J connectivity index is 1.34.